The second-order valence-corrected chi connectivity index (χ2v) is 6.70. The predicted molar refractivity (Wildman–Crippen MR) is 80.4 cm³/mol. The molecular formula is C15H26N2O5. The molecule has 1 rings (SSSR count). The Morgan fingerprint density at radius 1 is 1.27 bits per heavy atom. The number of hydrogen-bond acceptors (Lipinski definition) is 4. The molecule has 7 heteroatoms. The van der Waals surface area contributed by atoms with Gasteiger partial charge in [0.1, 0.15) is 5.60 Å². The first-order valence-corrected chi connectivity index (χ1v) is 7.59. The van der Waals surface area contributed by atoms with Gasteiger partial charge in [-0.2, -0.15) is 0 Å². The Hall–Kier alpha value is -1.79. The van der Waals surface area contributed by atoms with Crippen LogP contribution in [0.3, 0.4) is 0 Å². The molecular weight excluding hydrogens is 288 g/mol. The SMILES string of the molecule is CCC(=O)N1CC(CC(=O)O)CC(NC(=O)OC(C)(C)C)C1. The van der Waals surface area contributed by atoms with Gasteiger partial charge in [-0.15, -0.1) is 0 Å². The summed E-state index contributed by atoms with van der Waals surface area (Å²) in [6, 6.07) is -0.288. The van der Waals surface area contributed by atoms with Crippen molar-refractivity contribution in [3.05, 3.63) is 0 Å². The Balaban J connectivity index is 2.69. The van der Waals surface area contributed by atoms with Crippen molar-refractivity contribution in [2.45, 2.75) is 58.6 Å². The number of carbonyl (C=O) groups is 3. The molecule has 1 aliphatic heterocycles. The van der Waals surface area contributed by atoms with E-state index in [-0.39, 0.29) is 24.3 Å². The number of hydrogen-bond donors (Lipinski definition) is 2. The van der Waals surface area contributed by atoms with Crippen LogP contribution in [0, 0.1) is 5.92 Å². The van der Waals surface area contributed by atoms with Gasteiger partial charge in [0.05, 0.1) is 6.04 Å². The number of amides is 2. The van der Waals surface area contributed by atoms with E-state index in [1.165, 1.54) is 0 Å². The zero-order valence-electron chi connectivity index (χ0n) is 13.7. The summed E-state index contributed by atoms with van der Waals surface area (Å²) in [4.78, 5) is 36.3. The van der Waals surface area contributed by atoms with Gasteiger partial charge in [0, 0.05) is 25.9 Å². The largest absolute Gasteiger partial charge is 0.481 e. The highest BCUT2D eigenvalue weighted by molar-refractivity contribution is 5.76. The molecule has 0 bridgehead atoms. The van der Waals surface area contributed by atoms with E-state index in [4.69, 9.17) is 9.84 Å². The second-order valence-electron chi connectivity index (χ2n) is 6.70. The molecule has 7 nitrogen and oxygen atoms in total. The Labute approximate surface area is 131 Å². The van der Waals surface area contributed by atoms with Crippen LogP contribution in [-0.2, 0) is 14.3 Å². The van der Waals surface area contributed by atoms with Crippen LogP contribution in [0.25, 0.3) is 0 Å². The highest BCUT2D eigenvalue weighted by atomic mass is 16.6. The standard InChI is InChI=1S/C15H26N2O5/c1-5-12(18)17-8-10(7-13(19)20)6-11(9-17)16-14(21)22-15(2,3)4/h10-11H,5-9H2,1-4H3,(H,16,21)(H,19,20). The smallest absolute Gasteiger partial charge is 0.407 e. The van der Waals surface area contributed by atoms with Crippen molar-refractivity contribution in [2.24, 2.45) is 5.92 Å². The van der Waals surface area contributed by atoms with Crippen LogP contribution in [0.5, 0.6) is 0 Å². The van der Waals surface area contributed by atoms with Crippen LogP contribution in [0.15, 0.2) is 0 Å². The third-order valence-corrected chi connectivity index (χ3v) is 3.38. The van der Waals surface area contributed by atoms with Crippen LogP contribution in [0.2, 0.25) is 0 Å². The Morgan fingerprint density at radius 2 is 1.91 bits per heavy atom. The minimum atomic E-state index is -0.896. The highest BCUT2D eigenvalue weighted by Gasteiger charge is 2.32. The number of alkyl carbamates (subject to hydrolysis) is 1. The summed E-state index contributed by atoms with van der Waals surface area (Å²) in [7, 11) is 0. The second kappa shape index (κ2) is 7.47. The Kier molecular flexibility index (Phi) is 6.20. The molecule has 0 aromatic heterocycles. The van der Waals surface area contributed by atoms with E-state index in [2.05, 4.69) is 5.32 Å². The molecule has 0 aromatic carbocycles. The summed E-state index contributed by atoms with van der Waals surface area (Å²) in [5.74, 6) is -1.10. The molecule has 1 aliphatic rings. The van der Waals surface area contributed by atoms with E-state index in [0.717, 1.165) is 0 Å². The van der Waals surface area contributed by atoms with E-state index in [9.17, 15) is 14.4 Å². The first-order chi connectivity index (χ1) is 10.1. The number of piperidine rings is 1. The summed E-state index contributed by atoms with van der Waals surface area (Å²) >= 11 is 0. The molecule has 0 aliphatic carbocycles. The van der Waals surface area contributed by atoms with Gasteiger partial charge < -0.3 is 20.1 Å². The van der Waals surface area contributed by atoms with Crippen LogP contribution in [0.1, 0.15) is 47.0 Å². The summed E-state index contributed by atoms with van der Waals surface area (Å²) in [5.41, 5.74) is -0.599. The molecule has 1 saturated heterocycles. The van der Waals surface area contributed by atoms with Crippen LogP contribution < -0.4 is 5.32 Å². The van der Waals surface area contributed by atoms with Crippen molar-refractivity contribution in [1.29, 1.82) is 0 Å². The molecule has 126 valence electrons. The van der Waals surface area contributed by atoms with E-state index < -0.39 is 17.7 Å². The zero-order valence-corrected chi connectivity index (χ0v) is 13.7. The molecule has 0 aromatic rings. The third-order valence-electron chi connectivity index (χ3n) is 3.38. The van der Waals surface area contributed by atoms with Gasteiger partial charge in [-0.1, -0.05) is 6.92 Å². The van der Waals surface area contributed by atoms with Gasteiger partial charge in [-0.3, -0.25) is 9.59 Å². The lowest BCUT2D eigenvalue weighted by atomic mass is 9.91. The number of ether oxygens (including phenoxy) is 1. The van der Waals surface area contributed by atoms with Gasteiger partial charge >= 0.3 is 12.1 Å². The Bertz CT molecular complexity index is 430. The number of rotatable bonds is 4. The lowest BCUT2D eigenvalue weighted by Gasteiger charge is -2.37. The maximum Gasteiger partial charge on any atom is 0.407 e. The van der Waals surface area contributed by atoms with E-state index in [1.54, 1.807) is 32.6 Å². The maximum absolute atomic E-state index is 11.9. The van der Waals surface area contributed by atoms with Gasteiger partial charge in [0.25, 0.3) is 0 Å². The van der Waals surface area contributed by atoms with Crippen molar-refractivity contribution in [1.82, 2.24) is 10.2 Å². The lowest BCUT2D eigenvalue weighted by molar-refractivity contribution is -0.141. The maximum atomic E-state index is 11.9. The molecule has 2 atom stereocenters. The van der Waals surface area contributed by atoms with Crippen LogP contribution >= 0.6 is 0 Å². The summed E-state index contributed by atoms with van der Waals surface area (Å²) in [5, 5.41) is 11.7. The lowest BCUT2D eigenvalue weighted by Crippen LogP contribution is -2.53. The number of carboxylic acid groups (broad SMARTS) is 1. The number of aliphatic carboxylic acids is 1. The molecule has 22 heavy (non-hydrogen) atoms. The molecule has 1 fully saturated rings. The molecule has 2 unspecified atom stereocenters. The first kappa shape index (κ1) is 18.3. The summed E-state index contributed by atoms with van der Waals surface area (Å²) in [6.45, 7) is 7.89. The number of likely N-dealkylation sites (tertiary alicyclic amines) is 1. The molecule has 1 heterocycles. The number of nitrogens with zero attached hydrogens (tertiary/aromatic N) is 1. The van der Waals surface area contributed by atoms with E-state index in [1.807, 2.05) is 0 Å². The van der Waals surface area contributed by atoms with Crippen LogP contribution in [0.4, 0.5) is 4.79 Å². The number of carbonyl (C=O) groups excluding carboxylic acids is 2. The number of nitrogens with one attached hydrogen (secondary N) is 1. The minimum Gasteiger partial charge on any atom is -0.481 e. The summed E-state index contributed by atoms with van der Waals surface area (Å²) < 4.78 is 5.21. The monoisotopic (exact) mass is 314 g/mol. The normalized spacial score (nSPS) is 22.1. The predicted octanol–water partition coefficient (Wildman–Crippen LogP) is 1.61. The van der Waals surface area contributed by atoms with Crippen molar-refractivity contribution < 1.29 is 24.2 Å². The summed E-state index contributed by atoms with van der Waals surface area (Å²) in [6.07, 6.45) is 0.329. The van der Waals surface area contributed by atoms with Crippen molar-refractivity contribution >= 4 is 18.0 Å². The van der Waals surface area contributed by atoms with E-state index in [0.29, 0.717) is 25.9 Å². The molecule has 2 N–H and O–H groups in total. The fraction of sp³-hybridized carbons (Fsp3) is 0.800. The molecule has 0 spiro atoms. The van der Waals surface area contributed by atoms with Gasteiger partial charge in [-0.25, -0.2) is 4.79 Å². The zero-order chi connectivity index (χ0) is 16.9. The minimum absolute atomic E-state index is 0.0139. The van der Waals surface area contributed by atoms with Gasteiger partial charge in [-0.05, 0) is 33.1 Å². The van der Waals surface area contributed by atoms with Crippen LogP contribution in [-0.4, -0.2) is 52.7 Å². The quantitative estimate of drug-likeness (QED) is 0.822. The third kappa shape index (κ3) is 6.32. The van der Waals surface area contributed by atoms with E-state index >= 15 is 0 Å². The fourth-order valence-electron chi connectivity index (χ4n) is 2.60. The topological polar surface area (TPSA) is 95.9 Å². The van der Waals surface area contributed by atoms with Gasteiger partial charge in [0.2, 0.25) is 5.91 Å². The number of carboxylic acids is 1. The average molecular weight is 314 g/mol. The van der Waals surface area contributed by atoms with Crippen molar-refractivity contribution in [3.63, 3.8) is 0 Å². The molecule has 2 amide bonds. The Morgan fingerprint density at radius 3 is 2.41 bits per heavy atom. The first-order valence-electron chi connectivity index (χ1n) is 7.59. The van der Waals surface area contributed by atoms with Gasteiger partial charge in [0.15, 0.2) is 0 Å². The average Bonchev–Trinajstić information content (AvgIpc) is 2.34. The molecule has 0 saturated carbocycles. The van der Waals surface area contributed by atoms with Crippen molar-refractivity contribution in [2.75, 3.05) is 13.1 Å². The van der Waals surface area contributed by atoms with Crippen molar-refractivity contribution in [3.8, 4) is 0 Å². The highest BCUT2D eigenvalue weighted by Crippen LogP contribution is 2.21. The molecule has 0 radical (unpaired) electrons. The fourth-order valence-corrected chi connectivity index (χ4v) is 2.60.